The van der Waals surface area contributed by atoms with E-state index in [2.05, 4.69) is 22.9 Å². The molecule has 1 atom stereocenters. The molecule has 5 rings (SSSR count). The van der Waals surface area contributed by atoms with Crippen molar-refractivity contribution in [3.05, 3.63) is 52.3 Å². The number of carbonyl (C=O) groups is 1. The first kappa shape index (κ1) is 21.0. The minimum absolute atomic E-state index is 0.0428. The van der Waals surface area contributed by atoms with E-state index < -0.39 is 0 Å². The molecule has 8 nitrogen and oxygen atoms in total. The molecule has 0 bridgehead atoms. The van der Waals surface area contributed by atoms with Gasteiger partial charge in [0.2, 0.25) is 5.91 Å². The lowest BCUT2D eigenvalue weighted by atomic mass is 9.96. The normalized spacial score (nSPS) is 19.1. The molecule has 3 aromatic rings. The zero-order valence-electron chi connectivity index (χ0n) is 18.9. The molecule has 2 aromatic heterocycles. The topological polar surface area (TPSA) is 74.3 Å². The molecular formula is C24H31N5O3. The summed E-state index contributed by atoms with van der Waals surface area (Å²) in [6, 6.07) is 8.46. The molecule has 1 aliphatic heterocycles. The number of methoxy groups -OCH3 is 1. The van der Waals surface area contributed by atoms with Gasteiger partial charge in [-0.25, -0.2) is 9.48 Å². The molecule has 1 aliphatic carbocycles. The lowest BCUT2D eigenvalue weighted by Crippen LogP contribution is -2.40. The highest BCUT2D eigenvalue weighted by Gasteiger charge is 2.35. The Labute approximate surface area is 187 Å². The van der Waals surface area contributed by atoms with Gasteiger partial charge in [0, 0.05) is 56.3 Å². The summed E-state index contributed by atoms with van der Waals surface area (Å²) in [5, 5.41) is 5.84. The van der Waals surface area contributed by atoms with Gasteiger partial charge in [0.15, 0.2) is 0 Å². The second-order valence-electron chi connectivity index (χ2n) is 9.10. The van der Waals surface area contributed by atoms with Gasteiger partial charge < -0.3 is 14.2 Å². The van der Waals surface area contributed by atoms with E-state index in [9.17, 15) is 9.59 Å². The molecule has 170 valence electrons. The molecule has 1 amide bonds. The Kier molecular flexibility index (Phi) is 5.63. The SMILES string of the molecule is COCCn1nc(C2CCCN(C(=O)Cc3cn(C)c4ccccc34)C2)n(C2CC2)c1=O. The summed E-state index contributed by atoms with van der Waals surface area (Å²) in [7, 11) is 3.65. The van der Waals surface area contributed by atoms with E-state index in [1.165, 1.54) is 4.68 Å². The lowest BCUT2D eigenvalue weighted by Gasteiger charge is -2.32. The van der Waals surface area contributed by atoms with Gasteiger partial charge >= 0.3 is 5.69 Å². The molecule has 2 fully saturated rings. The van der Waals surface area contributed by atoms with E-state index in [1.54, 1.807) is 7.11 Å². The van der Waals surface area contributed by atoms with Crippen LogP contribution in [-0.2, 0) is 29.5 Å². The first-order valence-corrected chi connectivity index (χ1v) is 11.6. The van der Waals surface area contributed by atoms with Crippen LogP contribution in [0.25, 0.3) is 10.9 Å². The molecule has 0 spiro atoms. The molecule has 1 unspecified atom stereocenters. The molecule has 8 heteroatoms. The highest BCUT2D eigenvalue weighted by molar-refractivity contribution is 5.89. The van der Waals surface area contributed by atoms with E-state index >= 15 is 0 Å². The minimum atomic E-state index is -0.0428. The Morgan fingerprint density at radius 1 is 1.22 bits per heavy atom. The number of ether oxygens (including phenoxy) is 1. The Hall–Kier alpha value is -2.87. The zero-order valence-corrected chi connectivity index (χ0v) is 18.9. The fourth-order valence-electron chi connectivity index (χ4n) is 4.97. The zero-order chi connectivity index (χ0) is 22.2. The molecular weight excluding hydrogens is 406 g/mol. The maximum Gasteiger partial charge on any atom is 0.346 e. The number of nitrogens with zero attached hydrogens (tertiary/aromatic N) is 5. The van der Waals surface area contributed by atoms with Crippen molar-refractivity contribution in [2.75, 3.05) is 26.8 Å². The van der Waals surface area contributed by atoms with Gasteiger partial charge in [-0.3, -0.25) is 9.36 Å². The third-order valence-corrected chi connectivity index (χ3v) is 6.78. The van der Waals surface area contributed by atoms with Crippen LogP contribution in [0, 0.1) is 0 Å². The molecule has 2 aliphatic rings. The Morgan fingerprint density at radius 2 is 2.03 bits per heavy atom. The number of likely N-dealkylation sites (tertiary alicyclic amines) is 1. The van der Waals surface area contributed by atoms with Crippen LogP contribution in [0.4, 0.5) is 0 Å². The number of hydrogen-bond acceptors (Lipinski definition) is 4. The third kappa shape index (κ3) is 3.88. The number of fused-ring (bicyclic) bond motifs is 1. The fourth-order valence-corrected chi connectivity index (χ4v) is 4.97. The minimum Gasteiger partial charge on any atom is -0.383 e. The van der Waals surface area contributed by atoms with Crippen molar-refractivity contribution in [3.63, 3.8) is 0 Å². The standard InChI is InChI=1S/C24H31N5O3/c1-26-15-18(20-7-3-4-8-21(20)26)14-22(30)27-11-5-6-17(16-27)23-25-28(12-13-32-2)24(31)29(23)19-9-10-19/h3-4,7-8,15,17,19H,5-6,9-14,16H2,1-2H3. The maximum absolute atomic E-state index is 13.2. The number of piperidine rings is 1. The third-order valence-electron chi connectivity index (χ3n) is 6.78. The lowest BCUT2D eigenvalue weighted by molar-refractivity contribution is -0.131. The Bertz CT molecular complexity index is 1190. The molecule has 1 saturated carbocycles. The first-order valence-electron chi connectivity index (χ1n) is 11.6. The molecule has 1 aromatic carbocycles. The summed E-state index contributed by atoms with van der Waals surface area (Å²) < 4.78 is 10.7. The van der Waals surface area contributed by atoms with E-state index in [-0.39, 0.29) is 23.6 Å². The fraction of sp³-hybridized carbons (Fsp3) is 0.542. The van der Waals surface area contributed by atoms with Gasteiger partial charge in [-0.2, -0.15) is 5.10 Å². The average Bonchev–Trinajstić information content (AvgIpc) is 3.53. The number of hydrogen-bond donors (Lipinski definition) is 0. The summed E-state index contributed by atoms with van der Waals surface area (Å²) >= 11 is 0. The van der Waals surface area contributed by atoms with E-state index in [1.807, 2.05) is 28.6 Å². The molecule has 3 heterocycles. The summed E-state index contributed by atoms with van der Waals surface area (Å²) in [5.74, 6) is 1.08. The number of rotatable bonds is 7. The van der Waals surface area contributed by atoms with Crippen molar-refractivity contribution >= 4 is 16.8 Å². The van der Waals surface area contributed by atoms with Crippen LogP contribution in [-0.4, -0.2) is 56.5 Å². The van der Waals surface area contributed by atoms with Crippen LogP contribution in [0.15, 0.2) is 35.3 Å². The van der Waals surface area contributed by atoms with Gasteiger partial charge in [-0.15, -0.1) is 0 Å². The van der Waals surface area contributed by atoms with Crippen LogP contribution in [0.3, 0.4) is 0 Å². The number of aryl methyl sites for hydroxylation is 1. The van der Waals surface area contributed by atoms with Gasteiger partial charge in [0.1, 0.15) is 5.82 Å². The summed E-state index contributed by atoms with van der Waals surface area (Å²) in [6.07, 6.45) is 6.39. The van der Waals surface area contributed by atoms with Crippen molar-refractivity contribution in [2.45, 2.75) is 50.6 Å². The molecule has 32 heavy (non-hydrogen) atoms. The van der Waals surface area contributed by atoms with Crippen molar-refractivity contribution in [1.82, 2.24) is 23.8 Å². The van der Waals surface area contributed by atoms with Crippen molar-refractivity contribution < 1.29 is 9.53 Å². The van der Waals surface area contributed by atoms with Gasteiger partial charge in [-0.05, 0) is 37.3 Å². The van der Waals surface area contributed by atoms with Crippen LogP contribution >= 0.6 is 0 Å². The van der Waals surface area contributed by atoms with Crippen LogP contribution < -0.4 is 5.69 Å². The Balaban J connectivity index is 1.35. The van der Waals surface area contributed by atoms with Crippen LogP contribution in [0.1, 0.15) is 49.0 Å². The smallest absolute Gasteiger partial charge is 0.346 e. The van der Waals surface area contributed by atoms with Gasteiger partial charge in [0.25, 0.3) is 0 Å². The summed E-state index contributed by atoms with van der Waals surface area (Å²) in [5.41, 5.74) is 2.16. The summed E-state index contributed by atoms with van der Waals surface area (Å²) in [4.78, 5) is 28.1. The van der Waals surface area contributed by atoms with Gasteiger partial charge in [-0.1, -0.05) is 18.2 Å². The maximum atomic E-state index is 13.2. The number of aromatic nitrogens is 4. The predicted molar refractivity (Wildman–Crippen MR) is 122 cm³/mol. The molecule has 0 radical (unpaired) electrons. The number of amides is 1. The summed E-state index contributed by atoms with van der Waals surface area (Å²) in [6.45, 7) is 2.30. The van der Waals surface area contributed by atoms with Gasteiger partial charge in [0.05, 0.1) is 19.6 Å². The monoisotopic (exact) mass is 437 g/mol. The number of para-hydroxylation sites is 1. The van der Waals surface area contributed by atoms with Crippen molar-refractivity contribution in [1.29, 1.82) is 0 Å². The van der Waals surface area contributed by atoms with Crippen LogP contribution in [0.2, 0.25) is 0 Å². The highest BCUT2D eigenvalue weighted by atomic mass is 16.5. The van der Waals surface area contributed by atoms with E-state index in [4.69, 9.17) is 9.84 Å². The van der Waals surface area contributed by atoms with Crippen molar-refractivity contribution in [2.24, 2.45) is 7.05 Å². The first-order chi connectivity index (χ1) is 15.6. The average molecular weight is 438 g/mol. The predicted octanol–water partition coefficient (Wildman–Crippen LogP) is 2.47. The number of benzene rings is 1. The molecule has 0 N–H and O–H groups in total. The largest absolute Gasteiger partial charge is 0.383 e. The van der Waals surface area contributed by atoms with E-state index in [0.29, 0.717) is 26.1 Å². The molecule has 1 saturated heterocycles. The second-order valence-corrected chi connectivity index (χ2v) is 9.10. The number of carbonyl (C=O) groups excluding carboxylic acids is 1. The highest BCUT2D eigenvalue weighted by Crippen LogP contribution is 2.37. The van der Waals surface area contributed by atoms with E-state index in [0.717, 1.165) is 54.5 Å². The Morgan fingerprint density at radius 3 is 2.81 bits per heavy atom. The second kappa shape index (κ2) is 8.58. The van der Waals surface area contributed by atoms with Crippen molar-refractivity contribution in [3.8, 4) is 0 Å². The van der Waals surface area contributed by atoms with Crippen LogP contribution in [0.5, 0.6) is 0 Å². The quantitative estimate of drug-likeness (QED) is 0.569.